The predicted octanol–water partition coefficient (Wildman–Crippen LogP) is 4.93. The van der Waals surface area contributed by atoms with Crippen molar-refractivity contribution in [2.45, 2.75) is 59.3 Å². The molecule has 0 fully saturated rings. The standard InChI is InChI=1S/C21H29NO4/c1-5-6-7-8-9-10-13-25-21(24)20-15(2)22(4)19-12-11-17(14-18(19)20)26-16(3)23/h11-12,14H,5-10,13H2,1-4H3. The number of aromatic nitrogens is 1. The Morgan fingerprint density at radius 2 is 1.77 bits per heavy atom. The molecule has 1 aromatic heterocycles. The molecule has 1 aromatic carbocycles. The lowest BCUT2D eigenvalue weighted by Gasteiger charge is -2.06. The van der Waals surface area contributed by atoms with Gasteiger partial charge in [0.15, 0.2) is 0 Å². The number of hydrogen-bond donors (Lipinski definition) is 0. The zero-order valence-electron chi connectivity index (χ0n) is 16.3. The number of fused-ring (bicyclic) bond motifs is 1. The fourth-order valence-corrected chi connectivity index (χ4v) is 3.16. The van der Waals surface area contributed by atoms with Gasteiger partial charge in [-0.15, -0.1) is 0 Å². The van der Waals surface area contributed by atoms with Gasteiger partial charge in [-0.1, -0.05) is 39.0 Å². The molecule has 5 nitrogen and oxygen atoms in total. The van der Waals surface area contributed by atoms with E-state index < -0.39 is 0 Å². The smallest absolute Gasteiger partial charge is 0.340 e. The fourth-order valence-electron chi connectivity index (χ4n) is 3.16. The van der Waals surface area contributed by atoms with Crippen molar-refractivity contribution in [2.75, 3.05) is 6.61 Å². The lowest BCUT2D eigenvalue weighted by molar-refractivity contribution is -0.131. The Balaban J connectivity index is 2.08. The van der Waals surface area contributed by atoms with Gasteiger partial charge in [0.2, 0.25) is 0 Å². The number of hydrogen-bond acceptors (Lipinski definition) is 4. The molecule has 0 atom stereocenters. The van der Waals surface area contributed by atoms with Gasteiger partial charge in [0.05, 0.1) is 12.2 Å². The van der Waals surface area contributed by atoms with Gasteiger partial charge in [0, 0.05) is 30.6 Å². The van der Waals surface area contributed by atoms with Gasteiger partial charge >= 0.3 is 11.9 Å². The number of carbonyl (C=O) groups excluding carboxylic acids is 2. The van der Waals surface area contributed by atoms with Crippen LogP contribution in [0.4, 0.5) is 0 Å². The van der Waals surface area contributed by atoms with Crippen molar-refractivity contribution in [3.63, 3.8) is 0 Å². The molecule has 0 N–H and O–H groups in total. The van der Waals surface area contributed by atoms with Crippen molar-refractivity contribution in [2.24, 2.45) is 7.05 Å². The van der Waals surface area contributed by atoms with E-state index in [0.29, 0.717) is 17.9 Å². The average Bonchev–Trinajstić information content (AvgIpc) is 2.84. The summed E-state index contributed by atoms with van der Waals surface area (Å²) in [6.45, 7) is 5.88. The molecule has 0 saturated heterocycles. The molecule has 0 aliphatic heterocycles. The molecule has 5 heteroatoms. The summed E-state index contributed by atoms with van der Waals surface area (Å²) in [6.07, 6.45) is 6.89. The minimum atomic E-state index is -0.385. The number of nitrogens with zero attached hydrogens (tertiary/aromatic N) is 1. The highest BCUT2D eigenvalue weighted by Gasteiger charge is 2.20. The maximum absolute atomic E-state index is 12.6. The number of rotatable bonds is 9. The van der Waals surface area contributed by atoms with Crippen molar-refractivity contribution in [1.82, 2.24) is 4.57 Å². The summed E-state index contributed by atoms with van der Waals surface area (Å²) in [6, 6.07) is 5.31. The molecule has 0 amide bonds. The van der Waals surface area contributed by atoms with Crippen molar-refractivity contribution >= 4 is 22.8 Å². The van der Waals surface area contributed by atoms with Crippen molar-refractivity contribution in [3.05, 3.63) is 29.5 Å². The summed E-state index contributed by atoms with van der Waals surface area (Å²) in [5.41, 5.74) is 2.29. The van der Waals surface area contributed by atoms with E-state index in [0.717, 1.165) is 29.4 Å². The van der Waals surface area contributed by atoms with Crippen LogP contribution in [-0.2, 0) is 16.6 Å². The second kappa shape index (κ2) is 9.41. The van der Waals surface area contributed by atoms with Crippen LogP contribution < -0.4 is 4.74 Å². The summed E-state index contributed by atoms with van der Waals surface area (Å²) in [4.78, 5) is 23.8. The Kier molecular flexibility index (Phi) is 7.25. The quantitative estimate of drug-likeness (QED) is 0.362. The highest BCUT2D eigenvalue weighted by molar-refractivity contribution is 6.06. The first-order chi connectivity index (χ1) is 12.5. The van der Waals surface area contributed by atoms with E-state index in [1.807, 2.05) is 24.6 Å². The van der Waals surface area contributed by atoms with Crippen LogP contribution in [0.25, 0.3) is 10.9 Å². The minimum absolute atomic E-state index is 0.318. The molecule has 2 aromatic rings. The lowest BCUT2D eigenvalue weighted by atomic mass is 10.1. The number of unbranched alkanes of at least 4 members (excludes halogenated alkanes) is 5. The van der Waals surface area contributed by atoms with Crippen molar-refractivity contribution in [3.8, 4) is 5.75 Å². The molecule has 0 saturated carbocycles. The Morgan fingerprint density at radius 1 is 1.08 bits per heavy atom. The molecule has 2 rings (SSSR count). The number of esters is 2. The molecule has 0 radical (unpaired) electrons. The molecular weight excluding hydrogens is 330 g/mol. The zero-order valence-corrected chi connectivity index (χ0v) is 16.3. The van der Waals surface area contributed by atoms with E-state index in [2.05, 4.69) is 6.92 Å². The molecular formula is C21H29NO4. The zero-order chi connectivity index (χ0) is 19.1. The Bertz CT molecular complexity index is 776. The summed E-state index contributed by atoms with van der Waals surface area (Å²) in [5.74, 6) is -0.272. The van der Waals surface area contributed by atoms with Crippen LogP contribution in [0.2, 0.25) is 0 Å². The number of carbonyl (C=O) groups is 2. The second-order valence-corrected chi connectivity index (χ2v) is 6.70. The van der Waals surface area contributed by atoms with Crippen LogP contribution in [0.15, 0.2) is 18.2 Å². The summed E-state index contributed by atoms with van der Waals surface area (Å²) in [5, 5.41) is 0.747. The SMILES string of the molecule is CCCCCCCCOC(=O)c1c(C)n(C)c2ccc(OC(C)=O)cc12. The van der Waals surface area contributed by atoms with E-state index in [9.17, 15) is 9.59 Å². The largest absolute Gasteiger partial charge is 0.462 e. The first-order valence-corrected chi connectivity index (χ1v) is 9.40. The van der Waals surface area contributed by atoms with Gasteiger partial charge in [0.25, 0.3) is 0 Å². The third-order valence-corrected chi connectivity index (χ3v) is 4.66. The maximum atomic E-state index is 12.6. The van der Waals surface area contributed by atoms with Gasteiger partial charge in [-0.25, -0.2) is 4.79 Å². The Labute approximate surface area is 155 Å². The molecule has 1 heterocycles. The molecule has 0 bridgehead atoms. The van der Waals surface area contributed by atoms with Crippen LogP contribution in [0, 0.1) is 6.92 Å². The first kappa shape index (κ1) is 20.0. The topological polar surface area (TPSA) is 57.5 Å². The fraction of sp³-hybridized carbons (Fsp3) is 0.524. The Hall–Kier alpha value is -2.30. The van der Waals surface area contributed by atoms with E-state index in [1.165, 1.54) is 32.6 Å². The first-order valence-electron chi connectivity index (χ1n) is 9.40. The van der Waals surface area contributed by atoms with E-state index in [4.69, 9.17) is 9.47 Å². The number of benzene rings is 1. The second-order valence-electron chi connectivity index (χ2n) is 6.70. The molecule has 0 spiro atoms. The van der Waals surface area contributed by atoms with E-state index in [-0.39, 0.29) is 11.9 Å². The summed E-state index contributed by atoms with van der Waals surface area (Å²) < 4.78 is 12.6. The van der Waals surface area contributed by atoms with Crippen LogP contribution in [0.1, 0.15) is 68.4 Å². The molecule has 0 aliphatic carbocycles. The average molecular weight is 359 g/mol. The third-order valence-electron chi connectivity index (χ3n) is 4.66. The monoisotopic (exact) mass is 359 g/mol. The van der Waals surface area contributed by atoms with Gasteiger partial charge in [-0.3, -0.25) is 4.79 Å². The van der Waals surface area contributed by atoms with Gasteiger partial charge in [0.1, 0.15) is 5.75 Å². The van der Waals surface area contributed by atoms with Crippen LogP contribution >= 0.6 is 0 Å². The van der Waals surface area contributed by atoms with E-state index in [1.54, 1.807) is 12.1 Å². The van der Waals surface area contributed by atoms with Crippen molar-refractivity contribution < 1.29 is 19.1 Å². The van der Waals surface area contributed by atoms with Gasteiger partial charge in [-0.2, -0.15) is 0 Å². The van der Waals surface area contributed by atoms with E-state index >= 15 is 0 Å². The molecule has 0 unspecified atom stereocenters. The van der Waals surface area contributed by atoms with Crippen molar-refractivity contribution in [1.29, 1.82) is 0 Å². The minimum Gasteiger partial charge on any atom is -0.462 e. The lowest BCUT2D eigenvalue weighted by Crippen LogP contribution is -2.08. The number of ether oxygens (including phenoxy) is 2. The molecule has 0 aliphatic rings. The number of aryl methyl sites for hydroxylation is 1. The van der Waals surface area contributed by atoms with Crippen LogP contribution in [0.5, 0.6) is 5.75 Å². The van der Waals surface area contributed by atoms with Gasteiger partial charge in [-0.05, 0) is 31.5 Å². The predicted molar refractivity (Wildman–Crippen MR) is 103 cm³/mol. The van der Waals surface area contributed by atoms with Gasteiger partial charge < -0.3 is 14.0 Å². The summed E-state index contributed by atoms with van der Waals surface area (Å²) >= 11 is 0. The normalized spacial score (nSPS) is 10.9. The third kappa shape index (κ3) is 4.87. The maximum Gasteiger partial charge on any atom is 0.340 e. The molecule has 26 heavy (non-hydrogen) atoms. The molecule has 142 valence electrons. The van der Waals surface area contributed by atoms with Crippen LogP contribution in [0.3, 0.4) is 0 Å². The summed E-state index contributed by atoms with van der Waals surface area (Å²) in [7, 11) is 1.91. The highest BCUT2D eigenvalue weighted by atomic mass is 16.5. The van der Waals surface area contributed by atoms with Crippen LogP contribution in [-0.4, -0.2) is 23.1 Å². The highest BCUT2D eigenvalue weighted by Crippen LogP contribution is 2.29. The Morgan fingerprint density at radius 3 is 2.46 bits per heavy atom.